The van der Waals surface area contributed by atoms with Gasteiger partial charge in [-0.15, -0.1) is 10.2 Å². The van der Waals surface area contributed by atoms with Gasteiger partial charge in [0.1, 0.15) is 11.6 Å². The maximum Gasteiger partial charge on any atom is 0.451 e. The molecule has 2 aliphatic heterocycles. The third kappa shape index (κ3) is 3.90. The van der Waals surface area contributed by atoms with Crippen molar-refractivity contribution in [2.24, 2.45) is 5.92 Å². The Morgan fingerprint density at radius 3 is 2.71 bits per heavy atom. The van der Waals surface area contributed by atoms with E-state index in [0.717, 1.165) is 43.3 Å². The Labute approximate surface area is 161 Å². The molecule has 28 heavy (non-hydrogen) atoms. The van der Waals surface area contributed by atoms with Crippen molar-refractivity contribution in [2.45, 2.75) is 64.1 Å². The number of fused-ring (bicyclic) bond motifs is 1. The van der Waals surface area contributed by atoms with Gasteiger partial charge < -0.3 is 9.30 Å². The maximum atomic E-state index is 13.1. The highest BCUT2D eigenvalue weighted by atomic mass is 19.4. The first-order valence-corrected chi connectivity index (χ1v) is 9.76. The van der Waals surface area contributed by atoms with Crippen LogP contribution >= 0.6 is 0 Å². The molecule has 0 radical (unpaired) electrons. The number of halogens is 3. The molecule has 2 aromatic heterocycles. The fraction of sp³-hybridized carbons (Fsp3) is 0.684. The molecule has 4 rings (SSSR count). The zero-order valence-electron chi connectivity index (χ0n) is 16.0. The fourth-order valence-electron chi connectivity index (χ4n) is 3.94. The molecule has 0 saturated carbocycles. The van der Waals surface area contributed by atoms with Gasteiger partial charge in [-0.3, -0.25) is 0 Å². The zero-order chi connectivity index (χ0) is 19.9. The van der Waals surface area contributed by atoms with Crippen LogP contribution in [-0.2, 0) is 30.3 Å². The monoisotopic (exact) mass is 395 g/mol. The number of rotatable bonds is 4. The topological polar surface area (TPSA) is 65.7 Å². The summed E-state index contributed by atoms with van der Waals surface area (Å²) >= 11 is 0. The predicted molar refractivity (Wildman–Crippen MR) is 94.8 cm³/mol. The molecule has 4 heterocycles. The molecule has 0 amide bonds. The quantitative estimate of drug-likeness (QED) is 0.793. The summed E-state index contributed by atoms with van der Waals surface area (Å²) in [5.74, 6) is 0.924. The van der Waals surface area contributed by atoms with E-state index >= 15 is 0 Å². The van der Waals surface area contributed by atoms with Gasteiger partial charge >= 0.3 is 6.18 Å². The van der Waals surface area contributed by atoms with Crippen LogP contribution in [0.15, 0.2) is 6.07 Å². The minimum atomic E-state index is -4.48. The van der Waals surface area contributed by atoms with Crippen molar-refractivity contribution in [1.82, 2.24) is 24.7 Å². The minimum Gasteiger partial charge on any atom is -0.381 e. The number of aromatic nitrogens is 5. The van der Waals surface area contributed by atoms with Gasteiger partial charge in [-0.2, -0.15) is 13.2 Å². The molecule has 6 nitrogen and oxygen atoms in total. The Balaban J connectivity index is 1.60. The second-order valence-electron chi connectivity index (χ2n) is 8.01. The van der Waals surface area contributed by atoms with Crippen LogP contribution in [0.5, 0.6) is 0 Å². The summed E-state index contributed by atoms with van der Waals surface area (Å²) in [6.07, 6.45) is -1.62. The molecular formula is C19H24F3N5O. The molecule has 1 unspecified atom stereocenters. The van der Waals surface area contributed by atoms with Crippen molar-refractivity contribution in [3.63, 3.8) is 0 Å². The highest BCUT2D eigenvalue weighted by molar-refractivity contribution is 5.20. The second kappa shape index (κ2) is 7.42. The Bertz CT molecular complexity index is 843. The van der Waals surface area contributed by atoms with Crippen LogP contribution in [0, 0.1) is 5.92 Å². The lowest BCUT2D eigenvalue weighted by Gasteiger charge is -2.24. The van der Waals surface area contributed by atoms with Crippen LogP contribution in [0.25, 0.3) is 0 Å². The first kappa shape index (κ1) is 19.3. The van der Waals surface area contributed by atoms with E-state index in [0.29, 0.717) is 24.6 Å². The van der Waals surface area contributed by atoms with Crippen molar-refractivity contribution < 1.29 is 17.9 Å². The predicted octanol–water partition coefficient (Wildman–Crippen LogP) is 3.52. The molecule has 0 aliphatic carbocycles. The van der Waals surface area contributed by atoms with E-state index in [1.54, 1.807) is 0 Å². The van der Waals surface area contributed by atoms with Crippen LogP contribution in [-0.4, -0.2) is 37.9 Å². The normalized spacial score (nSPS) is 22.6. The third-order valence-electron chi connectivity index (χ3n) is 5.48. The summed E-state index contributed by atoms with van der Waals surface area (Å²) in [4.78, 5) is 9.46. The van der Waals surface area contributed by atoms with E-state index in [4.69, 9.17) is 14.7 Å². The van der Waals surface area contributed by atoms with Gasteiger partial charge in [0.15, 0.2) is 0 Å². The van der Waals surface area contributed by atoms with Gasteiger partial charge in [0.2, 0.25) is 5.82 Å². The molecule has 2 aliphatic rings. The summed E-state index contributed by atoms with van der Waals surface area (Å²) in [6, 6.07) is 2.02. The molecule has 0 aromatic carbocycles. The Morgan fingerprint density at radius 2 is 2.04 bits per heavy atom. The SMILES string of the molecule is CC(C)c1nc(C[C@@H]2CCOC2)cc(C2CCn3c(nnc3C(F)(F)F)C2)n1. The first-order chi connectivity index (χ1) is 13.3. The van der Waals surface area contributed by atoms with Crippen molar-refractivity contribution in [3.8, 4) is 0 Å². The third-order valence-corrected chi connectivity index (χ3v) is 5.48. The lowest BCUT2D eigenvalue weighted by atomic mass is 9.92. The van der Waals surface area contributed by atoms with Gasteiger partial charge in [0, 0.05) is 49.4 Å². The highest BCUT2D eigenvalue weighted by Crippen LogP contribution is 2.34. The van der Waals surface area contributed by atoms with Crippen molar-refractivity contribution in [3.05, 3.63) is 34.9 Å². The van der Waals surface area contributed by atoms with Gasteiger partial charge in [0.25, 0.3) is 0 Å². The number of nitrogens with zero attached hydrogens (tertiary/aromatic N) is 5. The Kier molecular flexibility index (Phi) is 5.11. The van der Waals surface area contributed by atoms with E-state index < -0.39 is 12.0 Å². The summed E-state index contributed by atoms with van der Waals surface area (Å²) < 4.78 is 45.9. The van der Waals surface area contributed by atoms with Crippen molar-refractivity contribution in [2.75, 3.05) is 13.2 Å². The number of alkyl halides is 3. The lowest BCUT2D eigenvalue weighted by molar-refractivity contribution is -0.147. The summed E-state index contributed by atoms with van der Waals surface area (Å²) in [6.45, 7) is 5.89. The minimum absolute atomic E-state index is 0.0249. The number of hydrogen-bond acceptors (Lipinski definition) is 5. The molecule has 0 bridgehead atoms. The van der Waals surface area contributed by atoms with Crippen LogP contribution in [0.4, 0.5) is 13.2 Å². The Hall–Kier alpha value is -2.03. The van der Waals surface area contributed by atoms with Crippen LogP contribution < -0.4 is 0 Å². The standard InChI is InChI=1S/C19H24F3N5O/c1-11(2)17-23-14(7-12-4-6-28-10-12)9-15(24-17)13-3-5-27-16(8-13)25-26-18(27)19(20,21)22/h9,11-13H,3-8,10H2,1-2H3/t12-,13?/m0/s1. The summed E-state index contributed by atoms with van der Waals surface area (Å²) in [5, 5.41) is 7.17. The van der Waals surface area contributed by atoms with E-state index in [1.807, 2.05) is 6.07 Å². The van der Waals surface area contributed by atoms with E-state index in [1.165, 1.54) is 4.57 Å². The molecule has 0 N–H and O–H groups in total. The second-order valence-corrected chi connectivity index (χ2v) is 8.01. The van der Waals surface area contributed by atoms with E-state index in [2.05, 4.69) is 24.0 Å². The van der Waals surface area contributed by atoms with E-state index in [9.17, 15) is 13.2 Å². The van der Waals surface area contributed by atoms with Crippen LogP contribution in [0.3, 0.4) is 0 Å². The highest BCUT2D eigenvalue weighted by Gasteiger charge is 2.40. The van der Waals surface area contributed by atoms with Crippen molar-refractivity contribution in [1.29, 1.82) is 0 Å². The number of ether oxygens (including phenoxy) is 1. The van der Waals surface area contributed by atoms with Crippen LogP contribution in [0.1, 0.15) is 67.4 Å². The fourth-order valence-corrected chi connectivity index (χ4v) is 3.94. The average molecular weight is 395 g/mol. The maximum absolute atomic E-state index is 13.1. The van der Waals surface area contributed by atoms with Gasteiger partial charge in [0.05, 0.1) is 0 Å². The molecular weight excluding hydrogens is 371 g/mol. The van der Waals surface area contributed by atoms with E-state index in [-0.39, 0.29) is 18.4 Å². The molecule has 1 fully saturated rings. The lowest BCUT2D eigenvalue weighted by Crippen LogP contribution is -2.24. The first-order valence-electron chi connectivity index (χ1n) is 9.76. The molecule has 2 atom stereocenters. The molecule has 2 aromatic rings. The summed E-state index contributed by atoms with van der Waals surface area (Å²) in [7, 11) is 0. The molecule has 0 spiro atoms. The molecule has 9 heteroatoms. The smallest absolute Gasteiger partial charge is 0.381 e. The summed E-state index contributed by atoms with van der Waals surface area (Å²) in [5.41, 5.74) is 1.89. The largest absolute Gasteiger partial charge is 0.451 e. The van der Waals surface area contributed by atoms with Crippen molar-refractivity contribution >= 4 is 0 Å². The average Bonchev–Trinajstić information content (AvgIpc) is 3.29. The van der Waals surface area contributed by atoms with Gasteiger partial charge in [-0.05, 0) is 31.2 Å². The number of hydrogen-bond donors (Lipinski definition) is 0. The van der Waals surface area contributed by atoms with Gasteiger partial charge in [-0.25, -0.2) is 9.97 Å². The zero-order valence-corrected chi connectivity index (χ0v) is 16.0. The molecule has 1 saturated heterocycles. The van der Waals surface area contributed by atoms with Gasteiger partial charge in [-0.1, -0.05) is 13.8 Å². The molecule has 152 valence electrons. The Morgan fingerprint density at radius 1 is 1.21 bits per heavy atom. The van der Waals surface area contributed by atoms with Crippen LogP contribution in [0.2, 0.25) is 0 Å².